The number of imidazole rings is 1. The topological polar surface area (TPSA) is 42.3 Å². The normalized spacial score (nSPS) is 18.7. The van der Waals surface area contributed by atoms with E-state index in [9.17, 15) is 0 Å². The molecule has 1 aliphatic rings. The molecule has 2 aromatic rings. The fourth-order valence-corrected chi connectivity index (χ4v) is 3.36. The summed E-state index contributed by atoms with van der Waals surface area (Å²) in [5, 5.41) is 3.70. The maximum atomic E-state index is 5.33. The minimum atomic E-state index is 0.541. The largest absolute Gasteiger partial charge is 0.497 e. The van der Waals surface area contributed by atoms with Gasteiger partial charge in [0, 0.05) is 38.9 Å². The summed E-state index contributed by atoms with van der Waals surface area (Å²) in [7, 11) is 3.80. The second-order valence-corrected chi connectivity index (χ2v) is 6.66. The fourth-order valence-electron chi connectivity index (χ4n) is 3.36. The molecule has 1 aliphatic heterocycles. The van der Waals surface area contributed by atoms with E-state index >= 15 is 0 Å². The average molecular weight is 328 g/mol. The number of likely N-dealkylation sites (tertiary alicyclic amines) is 1. The highest BCUT2D eigenvalue weighted by molar-refractivity contribution is 5.28. The van der Waals surface area contributed by atoms with Crippen molar-refractivity contribution in [3.63, 3.8) is 0 Å². The van der Waals surface area contributed by atoms with Gasteiger partial charge in [-0.25, -0.2) is 4.98 Å². The van der Waals surface area contributed by atoms with E-state index < -0.39 is 0 Å². The van der Waals surface area contributed by atoms with Gasteiger partial charge in [0.05, 0.1) is 12.8 Å². The second kappa shape index (κ2) is 7.81. The minimum Gasteiger partial charge on any atom is -0.497 e. The van der Waals surface area contributed by atoms with Gasteiger partial charge in [0.1, 0.15) is 11.6 Å². The molecule has 5 heteroatoms. The van der Waals surface area contributed by atoms with Crippen LogP contribution in [-0.2, 0) is 20.1 Å². The van der Waals surface area contributed by atoms with E-state index in [2.05, 4.69) is 45.0 Å². The van der Waals surface area contributed by atoms with Crippen molar-refractivity contribution in [2.24, 2.45) is 7.05 Å². The molecule has 24 heavy (non-hydrogen) atoms. The van der Waals surface area contributed by atoms with Gasteiger partial charge in [0.25, 0.3) is 0 Å². The van der Waals surface area contributed by atoms with Crippen molar-refractivity contribution in [1.82, 2.24) is 19.8 Å². The lowest BCUT2D eigenvalue weighted by molar-refractivity contribution is 0.182. The number of benzene rings is 1. The van der Waals surface area contributed by atoms with Crippen LogP contribution < -0.4 is 10.1 Å². The van der Waals surface area contributed by atoms with Gasteiger partial charge in [-0.2, -0.15) is 0 Å². The lowest BCUT2D eigenvalue weighted by atomic mass is 10.0. The van der Waals surface area contributed by atoms with E-state index in [4.69, 9.17) is 4.74 Å². The zero-order valence-corrected chi connectivity index (χ0v) is 15.0. The lowest BCUT2D eigenvalue weighted by Gasteiger charge is -2.33. The number of aromatic nitrogens is 2. The molecule has 1 aromatic heterocycles. The molecule has 0 amide bonds. The summed E-state index contributed by atoms with van der Waals surface area (Å²) in [5.74, 6) is 2.00. The van der Waals surface area contributed by atoms with Gasteiger partial charge in [-0.15, -0.1) is 0 Å². The number of methoxy groups -OCH3 is 1. The standard InChI is InChI=1S/C19H28N4O/c1-15-20-11-18(22(15)2)12-21-17-7-5-9-23(14-17)13-16-6-4-8-19(10-16)24-3/h4,6,8,10-11,17,21H,5,7,9,12-14H2,1-3H3/t17-/m0/s1. The van der Waals surface area contributed by atoms with Crippen LogP contribution in [-0.4, -0.2) is 40.7 Å². The van der Waals surface area contributed by atoms with Gasteiger partial charge in [0.15, 0.2) is 0 Å². The third-order valence-electron chi connectivity index (χ3n) is 4.93. The van der Waals surface area contributed by atoms with E-state index in [1.165, 1.54) is 30.6 Å². The van der Waals surface area contributed by atoms with Crippen molar-refractivity contribution in [3.05, 3.63) is 47.5 Å². The first-order chi connectivity index (χ1) is 11.7. The van der Waals surface area contributed by atoms with E-state index in [0.717, 1.165) is 31.2 Å². The van der Waals surface area contributed by atoms with Crippen LogP contribution in [0.5, 0.6) is 5.75 Å². The highest BCUT2D eigenvalue weighted by Gasteiger charge is 2.20. The molecule has 1 atom stereocenters. The van der Waals surface area contributed by atoms with E-state index in [-0.39, 0.29) is 0 Å². The molecule has 5 nitrogen and oxygen atoms in total. The molecule has 3 rings (SSSR count). The Morgan fingerprint density at radius 1 is 1.38 bits per heavy atom. The molecule has 0 aliphatic carbocycles. The van der Waals surface area contributed by atoms with Crippen molar-refractivity contribution in [1.29, 1.82) is 0 Å². The molecule has 0 bridgehead atoms. The zero-order chi connectivity index (χ0) is 16.9. The van der Waals surface area contributed by atoms with Gasteiger partial charge in [-0.3, -0.25) is 4.90 Å². The molecule has 0 saturated carbocycles. The molecular weight excluding hydrogens is 300 g/mol. The second-order valence-electron chi connectivity index (χ2n) is 6.66. The smallest absolute Gasteiger partial charge is 0.119 e. The Balaban J connectivity index is 1.53. The number of ether oxygens (including phenoxy) is 1. The van der Waals surface area contributed by atoms with Gasteiger partial charge < -0.3 is 14.6 Å². The van der Waals surface area contributed by atoms with Crippen LogP contribution in [0.3, 0.4) is 0 Å². The summed E-state index contributed by atoms with van der Waals surface area (Å²) >= 11 is 0. The molecule has 130 valence electrons. The quantitative estimate of drug-likeness (QED) is 0.885. The Labute approximate surface area is 144 Å². The van der Waals surface area contributed by atoms with Crippen LogP contribution in [0.1, 0.15) is 29.9 Å². The maximum absolute atomic E-state index is 5.33. The van der Waals surface area contributed by atoms with E-state index in [1.54, 1.807) is 7.11 Å². The highest BCUT2D eigenvalue weighted by Crippen LogP contribution is 2.18. The molecule has 0 unspecified atom stereocenters. The molecular formula is C19H28N4O. The molecule has 1 saturated heterocycles. The van der Waals surface area contributed by atoms with Gasteiger partial charge in [0.2, 0.25) is 0 Å². The Bertz CT molecular complexity index is 667. The Morgan fingerprint density at radius 3 is 3.00 bits per heavy atom. The Hall–Kier alpha value is -1.85. The van der Waals surface area contributed by atoms with Gasteiger partial charge in [-0.1, -0.05) is 12.1 Å². The maximum Gasteiger partial charge on any atom is 0.119 e. The molecule has 0 spiro atoms. The summed E-state index contributed by atoms with van der Waals surface area (Å²) in [6.45, 7) is 6.17. The van der Waals surface area contributed by atoms with Crippen LogP contribution in [0.25, 0.3) is 0 Å². The third-order valence-corrected chi connectivity index (χ3v) is 4.93. The number of piperidine rings is 1. The number of rotatable bonds is 6. The van der Waals surface area contributed by atoms with Crippen LogP contribution in [0.2, 0.25) is 0 Å². The van der Waals surface area contributed by atoms with E-state index in [0.29, 0.717) is 6.04 Å². The fraction of sp³-hybridized carbons (Fsp3) is 0.526. The number of hydrogen-bond donors (Lipinski definition) is 1. The van der Waals surface area contributed by atoms with Crippen LogP contribution >= 0.6 is 0 Å². The van der Waals surface area contributed by atoms with Crippen molar-refractivity contribution in [3.8, 4) is 5.75 Å². The minimum absolute atomic E-state index is 0.541. The highest BCUT2D eigenvalue weighted by atomic mass is 16.5. The van der Waals surface area contributed by atoms with Crippen LogP contribution in [0.15, 0.2) is 30.5 Å². The van der Waals surface area contributed by atoms with Gasteiger partial charge in [-0.05, 0) is 44.0 Å². The molecule has 1 fully saturated rings. The molecule has 1 N–H and O–H groups in total. The molecule has 2 heterocycles. The predicted octanol–water partition coefficient (Wildman–Crippen LogP) is 2.49. The third kappa shape index (κ3) is 4.16. The Morgan fingerprint density at radius 2 is 2.25 bits per heavy atom. The first-order valence-corrected chi connectivity index (χ1v) is 8.71. The number of nitrogens with zero attached hydrogens (tertiary/aromatic N) is 3. The summed E-state index contributed by atoms with van der Waals surface area (Å²) < 4.78 is 7.48. The monoisotopic (exact) mass is 328 g/mol. The van der Waals surface area contributed by atoms with Crippen LogP contribution in [0.4, 0.5) is 0 Å². The SMILES string of the molecule is COc1cccc(CN2CCC[C@H](NCc3cnc(C)n3C)C2)c1. The first kappa shape index (κ1) is 17.0. The number of aryl methyl sites for hydroxylation is 1. The first-order valence-electron chi connectivity index (χ1n) is 8.71. The molecule has 1 aromatic carbocycles. The predicted molar refractivity (Wildman–Crippen MR) is 96.1 cm³/mol. The summed E-state index contributed by atoms with van der Waals surface area (Å²) in [6.07, 6.45) is 4.46. The van der Waals surface area contributed by atoms with Crippen LogP contribution in [0, 0.1) is 6.92 Å². The van der Waals surface area contributed by atoms with Gasteiger partial charge >= 0.3 is 0 Å². The summed E-state index contributed by atoms with van der Waals surface area (Å²) in [6, 6.07) is 8.92. The summed E-state index contributed by atoms with van der Waals surface area (Å²) in [5.41, 5.74) is 2.56. The Kier molecular flexibility index (Phi) is 5.53. The van der Waals surface area contributed by atoms with Crippen molar-refractivity contribution in [2.45, 2.75) is 38.9 Å². The zero-order valence-electron chi connectivity index (χ0n) is 15.0. The average Bonchev–Trinajstić information content (AvgIpc) is 2.92. The number of hydrogen-bond acceptors (Lipinski definition) is 4. The van der Waals surface area contributed by atoms with E-state index in [1.807, 2.05) is 19.2 Å². The van der Waals surface area contributed by atoms with Crippen molar-refractivity contribution < 1.29 is 4.74 Å². The summed E-state index contributed by atoms with van der Waals surface area (Å²) in [4.78, 5) is 6.90. The van der Waals surface area contributed by atoms with Crippen molar-refractivity contribution >= 4 is 0 Å². The van der Waals surface area contributed by atoms with Crippen molar-refractivity contribution in [2.75, 3.05) is 20.2 Å². The molecule has 0 radical (unpaired) electrons. The lowest BCUT2D eigenvalue weighted by Crippen LogP contribution is -2.45. The number of nitrogens with one attached hydrogen (secondary N) is 1.